The molecule has 0 unspecified atom stereocenters. The molecule has 0 bridgehead atoms. The van der Waals surface area contributed by atoms with Gasteiger partial charge in [-0.05, 0) is 43.2 Å². The molecule has 1 aliphatic rings. The van der Waals surface area contributed by atoms with Crippen molar-refractivity contribution in [3.63, 3.8) is 0 Å². The second-order valence-corrected chi connectivity index (χ2v) is 6.86. The second kappa shape index (κ2) is 10.6. The third-order valence-corrected chi connectivity index (χ3v) is 4.63. The first-order valence-electron chi connectivity index (χ1n) is 10.1. The number of benzene rings is 2. The van der Waals surface area contributed by atoms with Gasteiger partial charge in [-0.25, -0.2) is 13.8 Å². The van der Waals surface area contributed by atoms with Gasteiger partial charge < -0.3 is 20.3 Å². The summed E-state index contributed by atoms with van der Waals surface area (Å²) in [6, 6.07) is 11.0. The summed E-state index contributed by atoms with van der Waals surface area (Å²) in [5.41, 5.74) is 1.94. The molecule has 0 aromatic heterocycles. The topological polar surface area (TPSA) is 66.0 Å². The van der Waals surface area contributed by atoms with Crippen LogP contribution in [0, 0.1) is 11.6 Å². The van der Waals surface area contributed by atoms with E-state index >= 15 is 0 Å². The number of nitrogens with zero attached hydrogens (tertiary/aromatic N) is 2. The highest BCUT2D eigenvalue weighted by molar-refractivity contribution is 5.95. The monoisotopic (exact) mass is 416 g/mol. The third kappa shape index (κ3) is 5.92. The lowest BCUT2D eigenvalue weighted by molar-refractivity contribution is -0.117. The fraction of sp³-hybridized carbons (Fsp3) is 0.364. The van der Waals surface area contributed by atoms with E-state index in [1.165, 1.54) is 6.07 Å². The number of halogens is 2. The van der Waals surface area contributed by atoms with Crippen molar-refractivity contribution < 1.29 is 18.3 Å². The molecule has 0 saturated carbocycles. The molecule has 0 aliphatic carbocycles. The molecular formula is C22H26F2N4O2. The van der Waals surface area contributed by atoms with Crippen molar-refractivity contribution >= 4 is 17.6 Å². The zero-order valence-corrected chi connectivity index (χ0v) is 17.0. The first-order valence-corrected chi connectivity index (χ1v) is 10.1. The number of rotatable bonds is 8. The van der Waals surface area contributed by atoms with Crippen molar-refractivity contribution in [3.8, 4) is 5.75 Å². The normalized spacial score (nSPS) is 14.2. The summed E-state index contributed by atoms with van der Waals surface area (Å²) >= 11 is 0. The van der Waals surface area contributed by atoms with E-state index in [1.54, 1.807) is 0 Å². The smallest absolute Gasteiger partial charge is 0.227 e. The van der Waals surface area contributed by atoms with Gasteiger partial charge in [-0.1, -0.05) is 12.1 Å². The van der Waals surface area contributed by atoms with Crippen LogP contribution in [-0.2, 0) is 11.3 Å². The number of nitrogens with one attached hydrogen (secondary N) is 2. The minimum Gasteiger partial charge on any atom is -0.489 e. The lowest BCUT2D eigenvalue weighted by Gasteiger charge is -2.16. The number of guanidine groups is 1. The predicted molar refractivity (Wildman–Crippen MR) is 113 cm³/mol. The van der Waals surface area contributed by atoms with E-state index in [0.29, 0.717) is 32.0 Å². The Labute approximate surface area is 174 Å². The van der Waals surface area contributed by atoms with E-state index in [2.05, 4.69) is 15.6 Å². The maximum Gasteiger partial charge on any atom is 0.227 e. The molecule has 8 heteroatoms. The SMILES string of the molecule is CCNC(=NCc1ccc(N2CCCC2=O)cc1)NCCOc1ccc(F)cc1F. The Morgan fingerprint density at radius 2 is 1.97 bits per heavy atom. The van der Waals surface area contributed by atoms with Crippen LogP contribution in [0.5, 0.6) is 5.75 Å². The maximum absolute atomic E-state index is 13.6. The van der Waals surface area contributed by atoms with Crippen molar-refractivity contribution in [2.75, 3.05) is 31.1 Å². The van der Waals surface area contributed by atoms with Gasteiger partial charge >= 0.3 is 0 Å². The summed E-state index contributed by atoms with van der Waals surface area (Å²) in [6.07, 6.45) is 1.52. The van der Waals surface area contributed by atoms with Crippen LogP contribution in [0.4, 0.5) is 14.5 Å². The molecule has 2 N–H and O–H groups in total. The van der Waals surface area contributed by atoms with Gasteiger partial charge in [0, 0.05) is 31.3 Å². The first-order chi connectivity index (χ1) is 14.6. The molecule has 1 heterocycles. The summed E-state index contributed by atoms with van der Waals surface area (Å²) in [4.78, 5) is 18.2. The number of carbonyl (C=O) groups is 1. The predicted octanol–water partition coefficient (Wildman–Crippen LogP) is 3.23. The fourth-order valence-corrected chi connectivity index (χ4v) is 3.14. The Morgan fingerprint density at radius 3 is 2.63 bits per heavy atom. The highest BCUT2D eigenvalue weighted by atomic mass is 19.1. The molecule has 1 fully saturated rings. The molecular weight excluding hydrogens is 390 g/mol. The molecule has 30 heavy (non-hydrogen) atoms. The molecule has 0 atom stereocenters. The Balaban J connectivity index is 1.49. The second-order valence-electron chi connectivity index (χ2n) is 6.86. The van der Waals surface area contributed by atoms with E-state index in [9.17, 15) is 13.6 Å². The van der Waals surface area contributed by atoms with Crippen molar-refractivity contribution in [3.05, 3.63) is 59.7 Å². The van der Waals surface area contributed by atoms with Crippen LogP contribution in [0.1, 0.15) is 25.3 Å². The largest absolute Gasteiger partial charge is 0.489 e. The quantitative estimate of drug-likeness (QED) is 0.394. The van der Waals surface area contributed by atoms with Crippen molar-refractivity contribution in [1.82, 2.24) is 10.6 Å². The minimum absolute atomic E-state index is 0.0108. The Morgan fingerprint density at radius 1 is 1.17 bits per heavy atom. The van der Waals surface area contributed by atoms with Crippen LogP contribution in [0.2, 0.25) is 0 Å². The zero-order valence-electron chi connectivity index (χ0n) is 17.0. The number of hydrogen-bond acceptors (Lipinski definition) is 3. The zero-order chi connectivity index (χ0) is 21.3. The Hall–Kier alpha value is -3.16. The average Bonchev–Trinajstić information content (AvgIpc) is 3.17. The number of amides is 1. The highest BCUT2D eigenvalue weighted by Crippen LogP contribution is 2.21. The van der Waals surface area contributed by atoms with Crippen molar-refractivity contribution in [1.29, 1.82) is 0 Å². The minimum atomic E-state index is -0.727. The summed E-state index contributed by atoms with van der Waals surface area (Å²) in [6.45, 7) is 4.49. The van der Waals surface area contributed by atoms with Crippen LogP contribution < -0.4 is 20.3 Å². The van der Waals surface area contributed by atoms with Gasteiger partial charge in [0.2, 0.25) is 5.91 Å². The van der Waals surface area contributed by atoms with Gasteiger partial charge in [0.15, 0.2) is 17.5 Å². The van der Waals surface area contributed by atoms with Crippen molar-refractivity contribution in [2.24, 2.45) is 4.99 Å². The lowest BCUT2D eigenvalue weighted by Crippen LogP contribution is -2.39. The van der Waals surface area contributed by atoms with Gasteiger partial charge in [0.05, 0.1) is 13.1 Å². The summed E-state index contributed by atoms with van der Waals surface area (Å²) in [7, 11) is 0. The van der Waals surface area contributed by atoms with Crippen LogP contribution in [0.15, 0.2) is 47.5 Å². The molecule has 3 rings (SSSR count). The van der Waals surface area contributed by atoms with Gasteiger partial charge in [-0.15, -0.1) is 0 Å². The molecule has 2 aromatic rings. The Kier molecular flexibility index (Phi) is 7.59. The van der Waals surface area contributed by atoms with Crippen LogP contribution in [0.25, 0.3) is 0 Å². The van der Waals surface area contributed by atoms with E-state index in [-0.39, 0.29) is 18.3 Å². The molecule has 1 saturated heterocycles. The maximum atomic E-state index is 13.6. The average molecular weight is 416 g/mol. The molecule has 1 amide bonds. The van der Waals surface area contributed by atoms with E-state index < -0.39 is 11.6 Å². The lowest BCUT2D eigenvalue weighted by atomic mass is 10.2. The molecule has 1 aliphatic heterocycles. The Bertz CT molecular complexity index is 887. The molecule has 0 spiro atoms. The summed E-state index contributed by atoms with van der Waals surface area (Å²) in [5.74, 6) is -0.576. The molecule has 160 valence electrons. The summed E-state index contributed by atoms with van der Waals surface area (Å²) in [5, 5.41) is 6.26. The van der Waals surface area contributed by atoms with Gasteiger partial charge in [-0.2, -0.15) is 0 Å². The molecule has 0 radical (unpaired) electrons. The summed E-state index contributed by atoms with van der Waals surface area (Å²) < 4.78 is 31.8. The van der Waals surface area contributed by atoms with E-state index in [0.717, 1.165) is 36.3 Å². The fourth-order valence-electron chi connectivity index (χ4n) is 3.14. The van der Waals surface area contributed by atoms with Crippen LogP contribution >= 0.6 is 0 Å². The first kappa shape index (κ1) is 21.5. The van der Waals surface area contributed by atoms with Gasteiger partial charge in [0.25, 0.3) is 0 Å². The van der Waals surface area contributed by atoms with Crippen LogP contribution in [-0.4, -0.2) is 38.1 Å². The van der Waals surface area contributed by atoms with Gasteiger partial charge in [-0.3, -0.25) is 4.79 Å². The highest BCUT2D eigenvalue weighted by Gasteiger charge is 2.21. The third-order valence-electron chi connectivity index (χ3n) is 4.63. The number of hydrogen-bond donors (Lipinski definition) is 2. The van der Waals surface area contributed by atoms with Gasteiger partial charge in [0.1, 0.15) is 12.4 Å². The van der Waals surface area contributed by atoms with E-state index in [4.69, 9.17) is 4.74 Å². The van der Waals surface area contributed by atoms with Crippen molar-refractivity contribution in [2.45, 2.75) is 26.3 Å². The molecule has 2 aromatic carbocycles. The van der Waals surface area contributed by atoms with E-state index in [1.807, 2.05) is 36.1 Å². The van der Waals surface area contributed by atoms with Crippen LogP contribution in [0.3, 0.4) is 0 Å². The molecule has 6 nitrogen and oxygen atoms in total. The number of ether oxygens (including phenoxy) is 1. The number of carbonyl (C=O) groups excluding carboxylic acids is 1. The standard InChI is InChI=1S/C22H26F2N4O2/c1-2-25-22(26-11-13-30-20-10-7-17(23)14-19(20)24)27-15-16-5-8-18(9-6-16)28-12-3-4-21(28)29/h5-10,14H,2-4,11-13,15H2,1H3,(H2,25,26,27). The number of anilines is 1. The number of aliphatic imine (C=N–C) groups is 1.